The van der Waals surface area contributed by atoms with Gasteiger partial charge >= 0.3 is 5.97 Å². The van der Waals surface area contributed by atoms with Crippen LogP contribution in [0, 0.1) is 12.3 Å². The Kier molecular flexibility index (Phi) is 25.4. The Labute approximate surface area is 445 Å². The van der Waals surface area contributed by atoms with Gasteiger partial charge in [0.25, 0.3) is 20.2 Å². The second-order valence-electron chi connectivity index (χ2n) is 19.2. The van der Waals surface area contributed by atoms with E-state index in [0.717, 1.165) is 21.7 Å². The number of hydrogen-bond donors (Lipinski definition) is 3. The topological polar surface area (TPSA) is 262 Å². The number of thiazole rings is 1. The maximum Gasteiger partial charge on any atom is 0.308 e. The van der Waals surface area contributed by atoms with Gasteiger partial charge in [0, 0.05) is 25.9 Å². The lowest BCUT2D eigenvalue weighted by Crippen LogP contribution is -2.57. The van der Waals surface area contributed by atoms with Crippen LogP contribution in [0.25, 0.3) is 10.4 Å². The van der Waals surface area contributed by atoms with Crippen molar-refractivity contribution in [3.63, 3.8) is 0 Å². The van der Waals surface area contributed by atoms with Crippen LogP contribution in [0.15, 0.2) is 100 Å². The number of aliphatic hydroxyl groups is 1. The van der Waals surface area contributed by atoms with Crippen molar-refractivity contribution in [1.29, 1.82) is 0 Å². The van der Waals surface area contributed by atoms with E-state index in [1.165, 1.54) is 29.2 Å². The fourth-order valence-electron chi connectivity index (χ4n) is 7.09. The molecule has 3 aromatic carbocycles. The van der Waals surface area contributed by atoms with Gasteiger partial charge in [-0.3, -0.25) is 27.5 Å². The van der Waals surface area contributed by atoms with Gasteiger partial charge in [0.15, 0.2) is 0 Å². The number of esters is 1. The second-order valence-corrected chi connectivity index (χ2v) is 23.2. The molecule has 0 unspecified atom stereocenters. The van der Waals surface area contributed by atoms with Crippen molar-refractivity contribution in [2.45, 2.75) is 108 Å². The zero-order chi connectivity index (χ0) is 55.1. The molecule has 20 nitrogen and oxygen atoms in total. The molecule has 414 valence electrons. The highest BCUT2D eigenvalue weighted by molar-refractivity contribution is 7.87. The highest BCUT2D eigenvalue weighted by atomic mass is 32.2. The number of β-amino-alcohol motifs (C(OH)–C–C–N with tert-alkyl or cyclic N) is 1. The fourth-order valence-corrected chi connectivity index (χ4v) is 9.73. The second kappa shape index (κ2) is 30.5. The van der Waals surface area contributed by atoms with Gasteiger partial charge in [-0.2, -0.15) is 16.8 Å². The summed E-state index contributed by atoms with van der Waals surface area (Å²) in [5.41, 5.74) is 3.50. The lowest BCUT2D eigenvalue weighted by Gasteiger charge is -2.35. The maximum atomic E-state index is 13.8. The third-order valence-electron chi connectivity index (χ3n) is 10.8. The van der Waals surface area contributed by atoms with Gasteiger partial charge in [0.05, 0.1) is 104 Å². The minimum atomic E-state index is -3.85. The summed E-state index contributed by atoms with van der Waals surface area (Å²) in [5.74, 6) is -1.54. The first-order chi connectivity index (χ1) is 35.5. The first kappa shape index (κ1) is 62.3. The third-order valence-corrected chi connectivity index (χ3v) is 14.4. The Morgan fingerprint density at radius 1 is 0.707 bits per heavy atom. The number of aliphatic hydroxyl groups excluding tert-OH is 1. The molecular formula is C52H72N4O16S3. The van der Waals surface area contributed by atoms with Crippen molar-refractivity contribution in [1.82, 2.24) is 20.5 Å². The number of benzene rings is 3. The van der Waals surface area contributed by atoms with E-state index in [2.05, 4.69) is 15.6 Å². The highest BCUT2D eigenvalue weighted by Gasteiger charge is 2.44. The number of likely N-dealkylation sites (tertiary alicyclic amines) is 1. The highest BCUT2D eigenvalue weighted by Crippen LogP contribution is 2.28. The van der Waals surface area contributed by atoms with E-state index in [0.29, 0.717) is 6.61 Å². The van der Waals surface area contributed by atoms with Crippen LogP contribution in [0.1, 0.15) is 72.1 Å². The van der Waals surface area contributed by atoms with Gasteiger partial charge in [-0.15, -0.1) is 11.3 Å². The summed E-state index contributed by atoms with van der Waals surface area (Å²) < 4.78 is 84.1. The molecule has 1 fully saturated rings. The van der Waals surface area contributed by atoms with Crippen LogP contribution in [-0.4, -0.2) is 152 Å². The molecule has 0 bridgehead atoms. The molecule has 1 saturated heterocycles. The van der Waals surface area contributed by atoms with E-state index in [-0.39, 0.29) is 113 Å². The van der Waals surface area contributed by atoms with Crippen molar-refractivity contribution >= 4 is 55.3 Å². The number of carbonyl (C=O) groups excluding carboxylic acids is 4. The fraction of sp³-hybridized carbons (Fsp3) is 0.519. The number of rotatable bonds is 28. The number of nitrogens with one attached hydrogen (secondary N) is 2. The number of ether oxygens (including phenoxy) is 5. The molecule has 0 spiro atoms. The van der Waals surface area contributed by atoms with Crippen LogP contribution in [0.4, 0.5) is 0 Å². The molecule has 23 heteroatoms. The number of hydrogen-bond acceptors (Lipinski definition) is 18. The first-order valence-corrected chi connectivity index (χ1v) is 28.1. The molecule has 0 aliphatic carbocycles. The summed E-state index contributed by atoms with van der Waals surface area (Å²) in [6.07, 6.45) is -0.623. The molecule has 1 aromatic heterocycles. The lowest BCUT2D eigenvalue weighted by atomic mass is 9.85. The molecule has 2 heterocycles. The summed E-state index contributed by atoms with van der Waals surface area (Å²) in [6, 6.07) is 21.7. The Morgan fingerprint density at radius 3 is 1.68 bits per heavy atom. The number of nitrogens with zero attached hydrogens (tertiary/aromatic N) is 2. The van der Waals surface area contributed by atoms with Crippen LogP contribution < -0.4 is 10.6 Å². The molecule has 1 aliphatic rings. The monoisotopic (exact) mass is 1100 g/mol. The molecule has 0 radical (unpaired) electrons. The van der Waals surface area contributed by atoms with Gasteiger partial charge in [-0.05, 0) is 68.5 Å². The van der Waals surface area contributed by atoms with E-state index in [1.807, 2.05) is 52.0 Å². The zero-order valence-electron chi connectivity index (χ0n) is 43.7. The quantitative estimate of drug-likeness (QED) is 0.0374. The summed E-state index contributed by atoms with van der Waals surface area (Å²) >= 11 is 1.57. The summed E-state index contributed by atoms with van der Waals surface area (Å²) in [5, 5.41) is 16.2. The van der Waals surface area contributed by atoms with Crippen molar-refractivity contribution < 1.29 is 73.2 Å². The summed E-state index contributed by atoms with van der Waals surface area (Å²) in [7, 11) is -7.60. The number of carbonyl (C=O) groups is 4. The van der Waals surface area contributed by atoms with Crippen LogP contribution in [-0.2, 0) is 78.0 Å². The minimum absolute atomic E-state index is 0.0192. The molecular weight excluding hydrogens is 1030 g/mol. The Morgan fingerprint density at radius 2 is 1.20 bits per heavy atom. The number of aromatic nitrogens is 1. The van der Waals surface area contributed by atoms with Gasteiger partial charge < -0.3 is 44.3 Å². The predicted molar refractivity (Wildman–Crippen MR) is 279 cm³/mol. The van der Waals surface area contributed by atoms with E-state index >= 15 is 0 Å². The zero-order valence-corrected chi connectivity index (χ0v) is 46.1. The molecule has 3 atom stereocenters. The molecule has 75 heavy (non-hydrogen) atoms. The van der Waals surface area contributed by atoms with E-state index < -0.39 is 61.3 Å². The third kappa shape index (κ3) is 22.5. The Bertz CT molecular complexity index is 2610. The standard InChI is InChI=1S/C35H46N4O9S2.C17H26O7S/c1-24-31(49-23-37-24)26-12-10-25(11-13-26)21-36-33(42)29-20-27(40)22-39(29)34(43)32(35(2,3)4)38-30(41)14-15-46-16-17-47-18-19-48-50(44,45)28-8-6-5-7-9-28;1-17(2,3)24-16(18)9-10-21-11-12-22-13-14-23-25(19,20)15-7-5-4-6-8-15/h5-13,23,27,29,32,40H,14-22H2,1-4H3,(H,36,42)(H,38,41);4-8H,9-14H2,1-3H3/t27-,29+,32-;/m1./s1. The molecule has 5 rings (SSSR count). The number of aryl methyl sites for hydroxylation is 1. The van der Waals surface area contributed by atoms with Crippen LogP contribution in [0.3, 0.4) is 0 Å². The molecule has 0 saturated carbocycles. The van der Waals surface area contributed by atoms with Gasteiger partial charge in [0.1, 0.15) is 17.7 Å². The van der Waals surface area contributed by atoms with E-state index in [4.69, 9.17) is 32.1 Å². The van der Waals surface area contributed by atoms with Gasteiger partial charge in [-0.25, -0.2) is 4.98 Å². The summed E-state index contributed by atoms with van der Waals surface area (Å²) in [6.45, 7) is 14.2. The predicted octanol–water partition coefficient (Wildman–Crippen LogP) is 5.21. The van der Waals surface area contributed by atoms with Crippen molar-refractivity contribution in [2.75, 3.05) is 72.6 Å². The average molecular weight is 1110 g/mol. The van der Waals surface area contributed by atoms with Gasteiger partial charge in [-0.1, -0.05) is 81.4 Å². The van der Waals surface area contributed by atoms with E-state index in [1.54, 1.807) is 74.0 Å². The summed E-state index contributed by atoms with van der Waals surface area (Å²) in [4.78, 5) is 58.3. The van der Waals surface area contributed by atoms with Crippen molar-refractivity contribution in [2.24, 2.45) is 5.41 Å². The van der Waals surface area contributed by atoms with Crippen molar-refractivity contribution in [3.05, 3.63) is 102 Å². The lowest BCUT2D eigenvalue weighted by molar-refractivity contribution is -0.156. The maximum absolute atomic E-state index is 13.8. The normalized spacial score (nSPS) is 15.4. The molecule has 4 aromatic rings. The Balaban J connectivity index is 0.000000409. The number of amides is 3. The van der Waals surface area contributed by atoms with Crippen LogP contribution in [0.2, 0.25) is 0 Å². The average Bonchev–Trinajstić information content (AvgIpc) is 3.98. The van der Waals surface area contributed by atoms with Crippen LogP contribution >= 0.6 is 11.3 Å². The van der Waals surface area contributed by atoms with Crippen LogP contribution in [0.5, 0.6) is 0 Å². The molecule has 1 aliphatic heterocycles. The largest absolute Gasteiger partial charge is 0.460 e. The molecule has 3 N–H and O–H groups in total. The molecule has 3 amide bonds. The van der Waals surface area contributed by atoms with E-state index in [9.17, 15) is 41.1 Å². The van der Waals surface area contributed by atoms with Gasteiger partial charge in [0.2, 0.25) is 17.7 Å². The SMILES string of the molecule is CC(C)(C)OC(=O)CCOCCOCCOS(=O)(=O)c1ccccc1.Cc1ncsc1-c1ccc(CNC(=O)[C@@H]2C[C@@H](O)CN2C(=O)[C@@H](NC(=O)CCOCCOCCOS(=O)(=O)c2ccccc2)C(C)(C)C)cc1. The Hall–Kier alpha value is -5.21. The first-order valence-electron chi connectivity index (χ1n) is 24.4. The van der Waals surface area contributed by atoms with Crippen molar-refractivity contribution in [3.8, 4) is 10.4 Å². The smallest absolute Gasteiger partial charge is 0.308 e. The minimum Gasteiger partial charge on any atom is -0.460 e.